The van der Waals surface area contributed by atoms with E-state index in [2.05, 4.69) is 5.32 Å². The summed E-state index contributed by atoms with van der Waals surface area (Å²) in [6.07, 6.45) is 0. The molecule has 2 rings (SSSR count). The van der Waals surface area contributed by atoms with E-state index in [-0.39, 0.29) is 0 Å². The van der Waals surface area contributed by atoms with E-state index in [4.69, 9.17) is 0 Å². The molecule has 0 fully saturated rings. The molecule has 0 amide bonds. The van der Waals surface area contributed by atoms with Gasteiger partial charge in [-0.3, -0.25) is 4.31 Å². The standard InChI is InChI=1S/C15H20N2O2S2/c1-4-17(13-8-6-5-7-12(13)2)21(18,19)15-9-10-20-14(15)11-16-3/h5-10,16H,4,11H2,1-3H3. The van der Waals surface area contributed by atoms with Crippen LogP contribution in [0.25, 0.3) is 0 Å². The average molecular weight is 324 g/mol. The van der Waals surface area contributed by atoms with Crippen molar-refractivity contribution in [1.29, 1.82) is 0 Å². The van der Waals surface area contributed by atoms with Crippen LogP contribution in [-0.4, -0.2) is 22.0 Å². The molecule has 2 aromatic rings. The minimum absolute atomic E-state index is 0.395. The number of nitrogens with zero attached hydrogens (tertiary/aromatic N) is 1. The maximum absolute atomic E-state index is 13.0. The number of thiophene rings is 1. The van der Waals surface area contributed by atoms with Gasteiger partial charge in [0.1, 0.15) is 4.90 Å². The largest absolute Gasteiger partial charge is 0.315 e. The predicted molar refractivity (Wildman–Crippen MR) is 88.5 cm³/mol. The first-order valence-corrected chi connectivity index (χ1v) is 9.13. The number of para-hydroxylation sites is 1. The first-order valence-electron chi connectivity index (χ1n) is 6.81. The second kappa shape index (κ2) is 6.60. The lowest BCUT2D eigenvalue weighted by Gasteiger charge is -2.24. The van der Waals surface area contributed by atoms with E-state index >= 15 is 0 Å². The Hall–Kier alpha value is -1.37. The van der Waals surface area contributed by atoms with Crippen LogP contribution in [0.1, 0.15) is 17.4 Å². The highest BCUT2D eigenvalue weighted by Crippen LogP contribution is 2.30. The zero-order valence-corrected chi connectivity index (χ0v) is 14.1. The molecule has 0 aliphatic rings. The van der Waals surface area contributed by atoms with Crippen LogP contribution in [0.2, 0.25) is 0 Å². The van der Waals surface area contributed by atoms with E-state index in [0.29, 0.717) is 18.0 Å². The quantitative estimate of drug-likeness (QED) is 0.888. The molecule has 0 unspecified atom stereocenters. The first kappa shape index (κ1) is 16.0. The molecule has 0 bridgehead atoms. The van der Waals surface area contributed by atoms with E-state index in [0.717, 1.165) is 16.1 Å². The van der Waals surface area contributed by atoms with Gasteiger partial charge in [0.2, 0.25) is 0 Å². The van der Waals surface area contributed by atoms with Gasteiger partial charge in [-0.25, -0.2) is 8.42 Å². The van der Waals surface area contributed by atoms with E-state index in [1.165, 1.54) is 15.6 Å². The Morgan fingerprint density at radius 2 is 1.95 bits per heavy atom. The highest BCUT2D eigenvalue weighted by Gasteiger charge is 2.27. The third-order valence-electron chi connectivity index (χ3n) is 3.28. The molecule has 0 saturated heterocycles. The molecule has 0 atom stereocenters. The number of anilines is 1. The van der Waals surface area contributed by atoms with Crippen LogP contribution in [0.4, 0.5) is 5.69 Å². The van der Waals surface area contributed by atoms with Crippen LogP contribution >= 0.6 is 11.3 Å². The summed E-state index contributed by atoms with van der Waals surface area (Å²) in [4.78, 5) is 1.23. The molecule has 0 aliphatic heterocycles. The first-order chi connectivity index (χ1) is 10.0. The second-order valence-electron chi connectivity index (χ2n) is 4.69. The Labute approximate surface area is 130 Å². The van der Waals surface area contributed by atoms with Crippen molar-refractivity contribution in [2.75, 3.05) is 17.9 Å². The van der Waals surface area contributed by atoms with E-state index in [9.17, 15) is 8.42 Å². The fraction of sp³-hybridized carbons (Fsp3) is 0.333. The Morgan fingerprint density at radius 3 is 2.57 bits per heavy atom. The molecule has 0 radical (unpaired) electrons. The summed E-state index contributed by atoms with van der Waals surface area (Å²) in [5.41, 5.74) is 1.69. The molecule has 1 heterocycles. The lowest BCUT2D eigenvalue weighted by atomic mass is 10.2. The third-order valence-corrected chi connectivity index (χ3v) is 6.30. The van der Waals surface area contributed by atoms with Gasteiger partial charge >= 0.3 is 0 Å². The molecule has 1 aromatic carbocycles. The van der Waals surface area contributed by atoms with Crippen molar-refractivity contribution in [3.8, 4) is 0 Å². The molecule has 114 valence electrons. The van der Waals surface area contributed by atoms with Crippen molar-refractivity contribution >= 4 is 27.0 Å². The van der Waals surface area contributed by atoms with Gasteiger partial charge in [0.25, 0.3) is 10.0 Å². The minimum atomic E-state index is -3.53. The van der Waals surface area contributed by atoms with Crippen molar-refractivity contribution in [1.82, 2.24) is 5.32 Å². The SMILES string of the molecule is CCN(c1ccccc1C)S(=O)(=O)c1ccsc1CNC. The van der Waals surface area contributed by atoms with Gasteiger partial charge in [0.15, 0.2) is 0 Å². The smallest absolute Gasteiger partial charge is 0.265 e. The maximum Gasteiger partial charge on any atom is 0.265 e. The maximum atomic E-state index is 13.0. The number of rotatable bonds is 6. The molecule has 21 heavy (non-hydrogen) atoms. The van der Waals surface area contributed by atoms with Gasteiger partial charge in [-0.15, -0.1) is 11.3 Å². The van der Waals surface area contributed by atoms with Crippen molar-refractivity contribution < 1.29 is 8.42 Å². The molecule has 6 heteroatoms. The van der Waals surface area contributed by atoms with Crippen LogP contribution in [0, 0.1) is 6.92 Å². The summed E-state index contributed by atoms with van der Waals surface area (Å²) in [5, 5.41) is 4.84. The molecule has 1 N–H and O–H groups in total. The lowest BCUT2D eigenvalue weighted by molar-refractivity contribution is 0.590. The average Bonchev–Trinajstić information content (AvgIpc) is 2.91. The van der Waals surface area contributed by atoms with Crippen LogP contribution in [-0.2, 0) is 16.6 Å². The van der Waals surface area contributed by atoms with Crippen molar-refractivity contribution in [2.45, 2.75) is 25.3 Å². The lowest BCUT2D eigenvalue weighted by Crippen LogP contribution is -2.31. The molecule has 4 nitrogen and oxygen atoms in total. The van der Waals surface area contributed by atoms with Crippen molar-refractivity contribution in [3.05, 3.63) is 46.2 Å². The Balaban J connectivity index is 2.50. The third kappa shape index (κ3) is 3.12. The molecular weight excluding hydrogens is 304 g/mol. The predicted octanol–water partition coefficient (Wildman–Crippen LogP) is 2.99. The van der Waals surface area contributed by atoms with Gasteiger partial charge in [-0.05, 0) is 44.0 Å². The Kier molecular flexibility index (Phi) is 5.03. The Morgan fingerprint density at radius 1 is 1.24 bits per heavy atom. The summed E-state index contributed by atoms with van der Waals surface area (Å²) in [7, 11) is -1.72. The van der Waals surface area contributed by atoms with Gasteiger partial charge in [-0.1, -0.05) is 18.2 Å². The normalized spacial score (nSPS) is 11.6. The summed E-state index contributed by atoms with van der Waals surface area (Å²) < 4.78 is 27.4. The van der Waals surface area contributed by atoms with Crippen LogP contribution in [0.15, 0.2) is 40.6 Å². The number of benzene rings is 1. The number of nitrogens with one attached hydrogen (secondary N) is 1. The summed E-state index contributed by atoms with van der Waals surface area (Å²) in [6, 6.07) is 9.24. The topological polar surface area (TPSA) is 49.4 Å². The monoisotopic (exact) mass is 324 g/mol. The van der Waals surface area contributed by atoms with Crippen molar-refractivity contribution in [3.63, 3.8) is 0 Å². The molecule has 0 saturated carbocycles. The number of sulfonamides is 1. The highest BCUT2D eigenvalue weighted by molar-refractivity contribution is 7.93. The van der Waals surface area contributed by atoms with Gasteiger partial charge in [-0.2, -0.15) is 0 Å². The van der Waals surface area contributed by atoms with Gasteiger partial charge in [0.05, 0.1) is 5.69 Å². The van der Waals surface area contributed by atoms with Crippen molar-refractivity contribution in [2.24, 2.45) is 0 Å². The fourth-order valence-electron chi connectivity index (χ4n) is 2.28. The summed E-state index contributed by atoms with van der Waals surface area (Å²) in [5.74, 6) is 0. The van der Waals surface area contributed by atoms with Crippen LogP contribution < -0.4 is 9.62 Å². The number of hydrogen-bond acceptors (Lipinski definition) is 4. The Bertz CT molecular complexity index is 708. The minimum Gasteiger partial charge on any atom is -0.315 e. The molecule has 1 aromatic heterocycles. The van der Waals surface area contributed by atoms with Crippen LogP contribution in [0.5, 0.6) is 0 Å². The summed E-state index contributed by atoms with van der Waals surface area (Å²) in [6.45, 7) is 4.74. The fourth-order valence-corrected chi connectivity index (χ4v) is 5.25. The van der Waals surface area contributed by atoms with E-state index in [1.807, 2.05) is 50.5 Å². The number of hydrogen-bond donors (Lipinski definition) is 1. The van der Waals surface area contributed by atoms with Crippen LogP contribution in [0.3, 0.4) is 0 Å². The van der Waals surface area contributed by atoms with Gasteiger partial charge < -0.3 is 5.32 Å². The summed E-state index contributed by atoms with van der Waals surface area (Å²) >= 11 is 1.46. The zero-order valence-electron chi connectivity index (χ0n) is 12.5. The molecule has 0 spiro atoms. The van der Waals surface area contributed by atoms with E-state index < -0.39 is 10.0 Å². The second-order valence-corrected chi connectivity index (χ2v) is 7.53. The van der Waals surface area contributed by atoms with E-state index in [1.54, 1.807) is 6.07 Å². The zero-order chi connectivity index (χ0) is 15.5. The van der Waals surface area contributed by atoms with Gasteiger partial charge in [0, 0.05) is 18.0 Å². The molecule has 0 aliphatic carbocycles. The highest BCUT2D eigenvalue weighted by atomic mass is 32.2. The number of aryl methyl sites for hydroxylation is 1. The molecular formula is C15H20N2O2S2.